The van der Waals surface area contributed by atoms with E-state index in [2.05, 4.69) is 15.4 Å². The molecule has 106 valence electrons. The van der Waals surface area contributed by atoms with Crippen molar-refractivity contribution in [2.45, 2.75) is 33.2 Å². The van der Waals surface area contributed by atoms with Crippen LogP contribution in [0, 0.1) is 12.7 Å². The summed E-state index contributed by atoms with van der Waals surface area (Å²) in [6, 6.07) is 5.94. The number of aryl methyl sites for hydroxylation is 1. The van der Waals surface area contributed by atoms with E-state index in [1.165, 1.54) is 16.8 Å². The van der Waals surface area contributed by atoms with Crippen LogP contribution in [0.1, 0.15) is 36.7 Å². The Morgan fingerprint density at radius 1 is 1.40 bits per heavy atom. The zero-order valence-corrected chi connectivity index (χ0v) is 11.7. The van der Waals surface area contributed by atoms with Gasteiger partial charge in [0.1, 0.15) is 11.6 Å². The van der Waals surface area contributed by atoms with Crippen molar-refractivity contribution in [3.05, 3.63) is 41.7 Å². The van der Waals surface area contributed by atoms with Gasteiger partial charge >= 0.3 is 0 Å². The molecule has 0 saturated heterocycles. The number of amides is 1. The monoisotopic (exact) mass is 276 g/mol. The van der Waals surface area contributed by atoms with E-state index in [0.717, 1.165) is 6.42 Å². The molecule has 1 aromatic carbocycles. The Labute approximate surface area is 116 Å². The van der Waals surface area contributed by atoms with E-state index in [4.69, 9.17) is 0 Å². The highest BCUT2D eigenvalue weighted by Crippen LogP contribution is 2.10. The highest BCUT2D eigenvalue weighted by Gasteiger charge is 2.16. The SMILES string of the molecule is CCC(C)NC(=O)c1nc(C)n(-c2ccc(F)cc2)n1. The molecular weight excluding hydrogens is 259 g/mol. The standard InChI is InChI=1S/C14H17FN4O/c1-4-9(2)16-14(20)13-17-10(3)19(18-13)12-7-5-11(15)6-8-12/h5-9H,4H2,1-3H3,(H,16,20). The molecule has 0 aliphatic carbocycles. The van der Waals surface area contributed by atoms with Gasteiger partial charge in [0.15, 0.2) is 0 Å². The van der Waals surface area contributed by atoms with Crippen LogP contribution in [-0.2, 0) is 0 Å². The lowest BCUT2D eigenvalue weighted by Crippen LogP contribution is -2.32. The van der Waals surface area contributed by atoms with Gasteiger partial charge in [0.25, 0.3) is 5.91 Å². The van der Waals surface area contributed by atoms with Crippen LogP contribution in [0.15, 0.2) is 24.3 Å². The molecule has 0 saturated carbocycles. The first-order valence-electron chi connectivity index (χ1n) is 6.51. The highest BCUT2D eigenvalue weighted by molar-refractivity contribution is 5.90. The third-order valence-corrected chi connectivity index (χ3v) is 3.03. The lowest BCUT2D eigenvalue weighted by molar-refractivity contribution is 0.0929. The number of nitrogens with zero attached hydrogens (tertiary/aromatic N) is 3. The molecule has 1 atom stereocenters. The molecule has 0 fully saturated rings. The number of hydrogen-bond donors (Lipinski definition) is 1. The van der Waals surface area contributed by atoms with Crippen LogP contribution in [0.5, 0.6) is 0 Å². The minimum Gasteiger partial charge on any atom is -0.347 e. The molecule has 20 heavy (non-hydrogen) atoms. The fraction of sp³-hybridized carbons (Fsp3) is 0.357. The van der Waals surface area contributed by atoms with Crippen molar-refractivity contribution < 1.29 is 9.18 Å². The highest BCUT2D eigenvalue weighted by atomic mass is 19.1. The van der Waals surface area contributed by atoms with Crippen molar-refractivity contribution in [3.8, 4) is 5.69 Å². The van der Waals surface area contributed by atoms with E-state index >= 15 is 0 Å². The number of rotatable bonds is 4. The van der Waals surface area contributed by atoms with Gasteiger partial charge in [-0.2, -0.15) is 0 Å². The van der Waals surface area contributed by atoms with E-state index in [-0.39, 0.29) is 23.6 Å². The van der Waals surface area contributed by atoms with Crippen molar-refractivity contribution >= 4 is 5.91 Å². The van der Waals surface area contributed by atoms with Gasteiger partial charge in [0.2, 0.25) is 5.82 Å². The zero-order valence-electron chi connectivity index (χ0n) is 11.7. The van der Waals surface area contributed by atoms with Crippen molar-refractivity contribution in [3.63, 3.8) is 0 Å². The molecule has 0 radical (unpaired) electrons. The molecule has 1 N–H and O–H groups in total. The summed E-state index contributed by atoms with van der Waals surface area (Å²) in [7, 11) is 0. The molecule has 1 unspecified atom stereocenters. The van der Waals surface area contributed by atoms with Gasteiger partial charge in [-0.1, -0.05) is 6.92 Å². The molecule has 0 aliphatic heterocycles. The summed E-state index contributed by atoms with van der Waals surface area (Å²) >= 11 is 0. The maximum Gasteiger partial charge on any atom is 0.291 e. The van der Waals surface area contributed by atoms with Gasteiger partial charge in [0.05, 0.1) is 5.69 Å². The number of hydrogen-bond acceptors (Lipinski definition) is 3. The number of benzene rings is 1. The normalized spacial score (nSPS) is 12.2. The number of halogens is 1. The molecule has 1 amide bonds. The maximum atomic E-state index is 12.9. The average molecular weight is 276 g/mol. The second-order valence-corrected chi connectivity index (χ2v) is 4.65. The van der Waals surface area contributed by atoms with Crippen molar-refractivity contribution in [1.29, 1.82) is 0 Å². The number of aromatic nitrogens is 3. The van der Waals surface area contributed by atoms with Gasteiger partial charge < -0.3 is 5.32 Å². The molecule has 2 rings (SSSR count). The summed E-state index contributed by atoms with van der Waals surface area (Å²) in [4.78, 5) is 16.1. The number of nitrogens with one attached hydrogen (secondary N) is 1. The molecule has 5 nitrogen and oxygen atoms in total. The topological polar surface area (TPSA) is 59.8 Å². The summed E-state index contributed by atoms with van der Waals surface area (Å²) in [5.74, 6) is 0.0719. The second-order valence-electron chi connectivity index (χ2n) is 4.65. The lowest BCUT2D eigenvalue weighted by atomic mass is 10.2. The smallest absolute Gasteiger partial charge is 0.291 e. The third kappa shape index (κ3) is 3.01. The number of carbonyl (C=O) groups excluding carboxylic acids is 1. The maximum absolute atomic E-state index is 12.9. The van der Waals surface area contributed by atoms with Gasteiger partial charge in [-0.05, 0) is 44.5 Å². The third-order valence-electron chi connectivity index (χ3n) is 3.03. The number of carbonyl (C=O) groups is 1. The molecule has 2 aromatic rings. The van der Waals surface area contributed by atoms with Gasteiger partial charge in [-0.3, -0.25) is 4.79 Å². The summed E-state index contributed by atoms with van der Waals surface area (Å²) < 4.78 is 14.4. The summed E-state index contributed by atoms with van der Waals surface area (Å²) in [6.45, 7) is 5.65. The quantitative estimate of drug-likeness (QED) is 0.931. The predicted molar refractivity (Wildman–Crippen MR) is 73.3 cm³/mol. The molecule has 1 aromatic heterocycles. The first-order chi connectivity index (χ1) is 9.51. The fourth-order valence-electron chi connectivity index (χ4n) is 1.70. The van der Waals surface area contributed by atoms with Crippen LogP contribution >= 0.6 is 0 Å². The van der Waals surface area contributed by atoms with Crippen LogP contribution in [0.3, 0.4) is 0 Å². The van der Waals surface area contributed by atoms with Gasteiger partial charge in [-0.15, -0.1) is 5.10 Å². The van der Waals surface area contributed by atoms with E-state index < -0.39 is 0 Å². The van der Waals surface area contributed by atoms with Gasteiger partial charge in [-0.25, -0.2) is 14.1 Å². The molecule has 0 aliphatic rings. The minimum absolute atomic E-state index is 0.0700. The predicted octanol–water partition coefficient (Wildman–Crippen LogP) is 2.24. The van der Waals surface area contributed by atoms with E-state index in [1.54, 1.807) is 19.1 Å². The van der Waals surface area contributed by atoms with E-state index in [0.29, 0.717) is 11.5 Å². The zero-order chi connectivity index (χ0) is 14.7. The molecular formula is C14H17FN4O. The molecule has 1 heterocycles. The Balaban J connectivity index is 2.25. The molecule has 0 spiro atoms. The van der Waals surface area contributed by atoms with Crippen LogP contribution in [0.25, 0.3) is 5.69 Å². The Morgan fingerprint density at radius 2 is 2.05 bits per heavy atom. The first kappa shape index (κ1) is 14.2. The average Bonchev–Trinajstić information content (AvgIpc) is 2.81. The summed E-state index contributed by atoms with van der Waals surface area (Å²) in [5.41, 5.74) is 0.666. The lowest BCUT2D eigenvalue weighted by Gasteiger charge is -2.08. The van der Waals surface area contributed by atoms with Crippen LogP contribution < -0.4 is 5.32 Å². The minimum atomic E-state index is -0.318. The summed E-state index contributed by atoms with van der Waals surface area (Å²) in [5, 5.41) is 6.98. The van der Waals surface area contributed by atoms with Crippen molar-refractivity contribution in [1.82, 2.24) is 20.1 Å². The Hall–Kier alpha value is -2.24. The largest absolute Gasteiger partial charge is 0.347 e. The van der Waals surface area contributed by atoms with E-state index in [9.17, 15) is 9.18 Å². The van der Waals surface area contributed by atoms with Crippen LogP contribution in [-0.4, -0.2) is 26.7 Å². The van der Waals surface area contributed by atoms with Crippen LogP contribution in [0.4, 0.5) is 4.39 Å². The molecule has 6 heteroatoms. The second kappa shape index (κ2) is 5.81. The first-order valence-corrected chi connectivity index (χ1v) is 6.51. The van der Waals surface area contributed by atoms with Crippen LogP contribution in [0.2, 0.25) is 0 Å². The Bertz CT molecular complexity index is 606. The Kier molecular flexibility index (Phi) is 4.12. The van der Waals surface area contributed by atoms with Crippen molar-refractivity contribution in [2.24, 2.45) is 0 Å². The van der Waals surface area contributed by atoms with Gasteiger partial charge in [0, 0.05) is 6.04 Å². The summed E-state index contributed by atoms with van der Waals surface area (Å²) in [6.07, 6.45) is 0.837. The van der Waals surface area contributed by atoms with E-state index in [1.807, 2.05) is 13.8 Å². The van der Waals surface area contributed by atoms with Crippen molar-refractivity contribution in [2.75, 3.05) is 0 Å². The Morgan fingerprint density at radius 3 is 2.65 bits per heavy atom. The fourth-order valence-corrected chi connectivity index (χ4v) is 1.70. The molecule has 0 bridgehead atoms.